The molecule has 1 aromatic carbocycles. The summed E-state index contributed by atoms with van der Waals surface area (Å²) in [5.41, 5.74) is 1.82. The van der Waals surface area contributed by atoms with Crippen molar-refractivity contribution in [1.82, 2.24) is 19.7 Å². The topological polar surface area (TPSA) is 54.3 Å². The second-order valence-electron chi connectivity index (χ2n) is 6.00. The molecule has 0 radical (unpaired) electrons. The van der Waals surface area contributed by atoms with Crippen molar-refractivity contribution in [1.29, 1.82) is 0 Å². The summed E-state index contributed by atoms with van der Waals surface area (Å²) in [7, 11) is 0. The maximum absolute atomic E-state index is 12.8. The van der Waals surface area contributed by atoms with E-state index in [0.717, 1.165) is 42.4 Å². The third-order valence-corrected chi connectivity index (χ3v) is 5.17. The second kappa shape index (κ2) is 7.06. The zero-order valence-corrected chi connectivity index (χ0v) is 14.6. The molecule has 25 heavy (non-hydrogen) atoms. The van der Waals surface area contributed by atoms with Crippen molar-refractivity contribution in [3.63, 3.8) is 0 Å². The average molecular weight is 353 g/mol. The summed E-state index contributed by atoms with van der Waals surface area (Å²) in [5, 5.41) is 7.24. The first-order valence-corrected chi connectivity index (χ1v) is 9.18. The van der Waals surface area contributed by atoms with E-state index in [1.807, 2.05) is 57.7 Å². The molecule has 3 heterocycles. The van der Waals surface area contributed by atoms with Crippen LogP contribution in [0.3, 0.4) is 0 Å². The van der Waals surface area contributed by atoms with Gasteiger partial charge in [0.15, 0.2) is 5.13 Å². The highest BCUT2D eigenvalue weighted by atomic mass is 32.1. The Morgan fingerprint density at radius 3 is 2.72 bits per heavy atom. The lowest BCUT2D eigenvalue weighted by molar-refractivity contribution is 0.0746. The number of hydrogen-bond donors (Lipinski definition) is 0. The molecule has 1 saturated heterocycles. The van der Waals surface area contributed by atoms with Crippen LogP contribution in [0.4, 0.5) is 5.13 Å². The standard InChI is InChI=1S/C18H19N5OS/c24-17(21-8-10-22(11-9-21)18-19-6-12-25-18)16-4-1-3-15(13-16)14-23-7-2-5-20-23/h1-7,12-13H,8-11,14H2. The van der Waals surface area contributed by atoms with Gasteiger partial charge < -0.3 is 9.80 Å². The van der Waals surface area contributed by atoms with Gasteiger partial charge in [-0.1, -0.05) is 12.1 Å². The predicted octanol–water partition coefficient (Wildman–Crippen LogP) is 2.35. The molecule has 4 rings (SSSR count). The number of rotatable bonds is 4. The maximum atomic E-state index is 12.8. The average Bonchev–Trinajstić information content (AvgIpc) is 3.35. The molecule has 128 valence electrons. The van der Waals surface area contributed by atoms with Crippen LogP contribution in [0.2, 0.25) is 0 Å². The first kappa shape index (κ1) is 15.8. The Morgan fingerprint density at radius 1 is 1.12 bits per heavy atom. The number of amides is 1. The highest BCUT2D eigenvalue weighted by Crippen LogP contribution is 2.20. The summed E-state index contributed by atoms with van der Waals surface area (Å²) in [6.07, 6.45) is 5.51. The van der Waals surface area contributed by atoms with Gasteiger partial charge in [0.05, 0.1) is 6.54 Å². The van der Waals surface area contributed by atoms with Crippen molar-refractivity contribution in [3.8, 4) is 0 Å². The fourth-order valence-electron chi connectivity index (χ4n) is 3.04. The van der Waals surface area contributed by atoms with Crippen LogP contribution in [-0.2, 0) is 6.54 Å². The van der Waals surface area contributed by atoms with Crippen LogP contribution in [0.1, 0.15) is 15.9 Å². The lowest BCUT2D eigenvalue weighted by Gasteiger charge is -2.34. The zero-order chi connectivity index (χ0) is 17.1. The maximum Gasteiger partial charge on any atom is 0.253 e. The lowest BCUT2D eigenvalue weighted by atomic mass is 10.1. The smallest absolute Gasteiger partial charge is 0.253 e. The van der Waals surface area contributed by atoms with E-state index in [4.69, 9.17) is 0 Å². The van der Waals surface area contributed by atoms with Crippen molar-refractivity contribution in [2.24, 2.45) is 0 Å². The van der Waals surface area contributed by atoms with Gasteiger partial charge in [0.25, 0.3) is 5.91 Å². The number of aromatic nitrogens is 3. The number of nitrogens with zero attached hydrogens (tertiary/aromatic N) is 5. The fourth-order valence-corrected chi connectivity index (χ4v) is 3.74. The first-order valence-electron chi connectivity index (χ1n) is 8.30. The van der Waals surface area contributed by atoms with Gasteiger partial charge in [-0.05, 0) is 23.8 Å². The zero-order valence-electron chi connectivity index (χ0n) is 13.8. The lowest BCUT2D eigenvalue weighted by Crippen LogP contribution is -2.48. The van der Waals surface area contributed by atoms with Crippen LogP contribution in [0.5, 0.6) is 0 Å². The number of benzene rings is 1. The van der Waals surface area contributed by atoms with Crippen LogP contribution >= 0.6 is 11.3 Å². The van der Waals surface area contributed by atoms with E-state index >= 15 is 0 Å². The van der Waals surface area contributed by atoms with Crippen LogP contribution in [0.15, 0.2) is 54.3 Å². The summed E-state index contributed by atoms with van der Waals surface area (Å²) >= 11 is 1.64. The van der Waals surface area contributed by atoms with E-state index < -0.39 is 0 Å². The number of anilines is 1. The molecule has 0 unspecified atom stereocenters. The van der Waals surface area contributed by atoms with E-state index in [0.29, 0.717) is 6.54 Å². The van der Waals surface area contributed by atoms with Gasteiger partial charge in [-0.15, -0.1) is 11.3 Å². The molecule has 0 saturated carbocycles. The summed E-state index contributed by atoms with van der Waals surface area (Å²) in [6.45, 7) is 3.77. The van der Waals surface area contributed by atoms with E-state index in [1.54, 1.807) is 17.5 Å². The summed E-state index contributed by atoms with van der Waals surface area (Å²) in [6, 6.07) is 9.73. The normalized spacial score (nSPS) is 14.7. The van der Waals surface area contributed by atoms with Crippen LogP contribution < -0.4 is 4.90 Å². The predicted molar refractivity (Wildman–Crippen MR) is 98.0 cm³/mol. The minimum atomic E-state index is 0.0982. The molecule has 6 nitrogen and oxygen atoms in total. The monoisotopic (exact) mass is 353 g/mol. The van der Waals surface area contributed by atoms with Crippen LogP contribution in [0.25, 0.3) is 0 Å². The van der Waals surface area contributed by atoms with E-state index in [-0.39, 0.29) is 5.91 Å². The Hall–Kier alpha value is -2.67. The van der Waals surface area contributed by atoms with Crippen LogP contribution in [0, 0.1) is 0 Å². The Balaban J connectivity index is 1.41. The quantitative estimate of drug-likeness (QED) is 0.722. The largest absolute Gasteiger partial charge is 0.345 e. The summed E-state index contributed by atoms with van der Waals surface area (Å²) in [4.78, 5) is 21.3. The van der Waals surface area contributed by atoms with Gasteiger partial charge in [0, 0.05) is 55.7 Å². The van der Waals surface area contributed by atoms with E-state index in [1.165, 1.54) is 0 Å². The molecule has 1 aliphatic rings. The van der Waals surface area contributed by atoms with Crippen molar-refractivity contribution in [2.75, 3.05) is 31.1 Å². The Labute approximate surface area is 150 Å². The number of piperazine rings is 1. The second-order valence-corrected chi connectivity index (χ2v) is 6.87. The van der Waals surface area contributed by atoms with Gasteiger partial charge in [0.2, 0.25) is 0 Å². The highest BCUT2D eigenvalue weighted by Gasteiger charge is 2.23. The van der Waals surface area contributed by atoms with Crippen molar-refractivity contribution in [3.05, 3.63) is 65.4 Å². The molecule has 0 atom stereocenters. The number of thiazole rings is 1. The minimum Gasteiger partial charge on any atom is -0.345 e. The molecular formula is C18H19N5OS. The fraction of sp³-hybridized carbons (Fsp3) is 0.278. The molecule has 0 N–H and O–H groups in total. The number of carbonyl (C=O) groups excluding carboxylic acids is 1. The third-order valence-electron chi connectivity index (χ3n) is 4.33. The highest BCUT2D eigenvalue weighted by molar-refractivity contribution is 7.13. The Kier molecular flexibility index (Phi) is 4.47. The third kappa shape index (κ3) is 3.56. The van der Waals surface area contributed by atoms with Gasteiger partial charge in [-0.25, -0.2) is 4.98 Å². The Morgan fingerprint density at radius 2 is 2.00 bits per heavy atom. The molecule has 1 fully saturated rings. The molecular weight excluding hydrogens is 334 g/mol. The molecule has 0 spiro atoms. The van der Waals surface area contributed by atoms with E-state index in [2.05, 4.69) is 15.0 Å². The van der Waals surface area contributed by atoms with Gasteiger partial charge in [-0.2, -0.15) is 5.10 Å². The first-order chi connectivity index (χ1) is 12.3. The summed E-state index contributed by atoms with van der Waals surface area (Å²) < 4.78 is 1.86. The molecule has 0 aliphatic carbocycles. The van der Waals surface area contributed by atoms with Crippen LogP contribution in [-0.4, -0.2) is 51.8 Å². The molecule has 0 bridgehead atoms. The molecule has 2 aromatic heterocycles. The van der Waals surface area contributed by atoms with Gasteiger partial charge in [-0.3, -0.25) is 9.48 Å². The molecule has 3 aromatic rings. The van der Waals surface area contributed by atoms with Crippen molar-refractivity contribution in [2.45, 2.75) is 6.54 Å². The number of carbonyl (C=O) groups is 1. The molecule has 7 heteroatoms. The SMILES string of the molecule is O=C(c1cccc(Cn2cccn2)c1)N1CCN(c2nccs2)CC1. The Bertz CT molecular complexity index is 823. The minimum absolute atomic E-state index is 0.0982. The van der Waals surface area contributed by atoms with Crippen molar-refractivity contribution < 1.29 is 4.79 Å². The van der Waals surface area contributed by atoms with E-state index in [9.17, 15) is 4.79 Å². The van der Waals surface area contributed by atoms with Gasteiger partial charge in [0.1, 0.15) is 0 Å². The number of hydrogen-bond acceptors (Lipinski definition) is 5. The van der Waals surface area contributed by atoms with Gasteiger partial charge >= 0.3 is 0 Å². The molecule has 1 amide bonds. The van der Waals surface area contributed by atoms with Crippen molar-refractivity contribution >= 4 is 22.4 Å². The summed E-state index contributed by atoms with van der Waals surface area (Å²) in [5.74, 6) is 0.0982. The molecule has 1 aliphatic heterocycles.